The van der Waals surface area contributed by atoms with Crippen LogP contribution in [0, 0.1) is 0 Å². The van der Waals surface area contributed by atoms with Gasteiger partial charge in [-0.05, 0) is 30.2 Å². The lowest BCUT2D eigenvalue weighted by molar-refractivity contribution is 0.685. The minimum atomic E-state index is 0.0374. The van der Waals surface area contributed by atoms with Crippen LogP contribution in [0.4, 0.5) is 0 Å². The van der Waals surface area contributed by atoms with Crippen molar-refractivity contribution in [1.29, 1.82) is 0 Å². The molecule has 3 rings (SSSR count). The molecule has 134 valence electrons. The van der Waals surface area contributed by atoms with Gasteiger partial charge in [-0.25, -0.2) is 4.98 Å². The van der Waals surface area contributed by atoms with Gasteiger partial charge in [0.1, 0.15) is 6.33 Å². The summed E-state index contributed by atoms with van der Waals surface area (Å²) in [7, 11) is 1.75. The zero-order chi connectivity index (χ0) is 18.4. The third-order valence-corrected chi connectivity index (χ3v) is 4.37. The van der Waals surface area contributed by atoms with Crippen LogP contribution in [-0.4, -0.2) is 28.2 Å². The minimum absolute atomic E-state index is 0.0374. The van der Waals surface area contributed by atoms with Crippen molar-refractivity contribution in [3.8, 4) is 11.4 Å². The second-order valence-electron chi connectivity index (χ2n) is 5.85. The van der Waals surface area contributed by atoms with E-state index in [9.17, 15) is 0 Å². The van der Waals surface area contributed by atoms with Gasteiger partial charge < -0.3 is 10.6 Å². The molecular formula is C19H21ClN6. The first kappa shape index (κ1) is 17.9. The predicted molar refractivity (Wildman–Crippen MR) is 105 cm³/mol. The smallest absolute Gasteiger partial charge is 0.191 e. The monoisotopic (exact) mass is 368 g/mol. The summed E-state index contributed by atoms with van der Waals surface area (Å²) in [5.74, 6) is 1.46. The molecule has 1 unspecified atom stereocenters. The van der Waals surface area contributed by atoms with E-state index in [4.69, 9.17) is 11.6 Å². The van der Waals surface area contributed by atoms with E-state index in [0.717, 1.165) is 27.5 Å². The SMILES string of the molecule is CN=C(NCc1cccc(-c2ncn[nH]2)c1)NC(C)c1ccccc1Cl. The summed E-state index contributed by atoms with van der Waals surface area (Å²) >= 11 is 6.27. The molecule has 6 nitrogen and oxygen atoms in total. The number of benzene rings is 2. The van der Waals surface area contributed by atoms with Crippen LogP contribution in [0.25, 0.3) is 11.4 Å². The van der Waals surface area contributed by atoms with E-state index in [0.29, 0.717) is 12.5 Å². The summed E-state index contributed by atoms with van der Waals surface area (Å²) in [6, 6.07) is 16.0. The fraction of sp³-hybridized carbons (Fsp3) is 0.211. The lowest BCUT2D eigenvalue weighted by Gasteiger charge is -2.19. The zero-order valence-corrected chi connectivity index (χ0v) is 15.5. The number of halogens is 1. The van der Waals surface area contributed by atoms with Gasteiger partial charge in [-0.15, -0.1) is 0 Å². The standard InChI is InChI=1S/C19H21ClN6/c1-13(16-8-3-4-9-17(16)20)25-19(21-2)22-11-14-6-5-7-15(10-14)18-23-12-24-26-18/h3-10,12-13H,11H2,1-2H3,(H2,21,22,25)(H,23,24,26). The third kappa shape index (κ3) is 4.40. The molecule has 0 amide bonds. The van der Waals surface area contributed by atoms with Gasteiger partial charge in [0.05, 0.1) is 6.04 Å². The summed E-state index contributed by atoms with van der Waals surface area (Å²) in [4.78, 5) is 8.48. The average molecular weight is 369 g/mol. The van der Waals surface area contributed by atoms with Gasteiger partial charge in [0.2, 0.25) is 0 Å². The molecule has 0 spiro atoms. The molecule has 0 fully saturated rings. The Labute approximate surface area is 157 Å². The fourth-order valence-electron chi connectivity index (χ4n) is 2.66. The lowest BCUT2D eigenvalue weighted by Crippen LogP contribution is -2.38. The van der Waals surface area contributed by atoms with Crippen molar-refractivity contribution in [3.63, 3.8) is 0 Å². The minimum Gasteiger partial charge on any atom is -0.352 e. The molecular weight excluding hydrogens is 348 g/mol. The Hall–Kier alpha value is -2.86. The quantitative estimate of drug-likeness (QED) is 0.475. The average Bonchev–Trinajstić information content (AvgIpc) is 3.20. The molecule has 0 aliphatic carbocycles. The number of aromatic amines is 1. The van der Waals surface area contributed by atoms with Gasteiger partial charge >= 0.3 is 0 Å². The van der Waals surface area contributed by atoms with Gasteiger partial charge in [0.25, 0.3) is 0 Å². The van der Waals surface area contributed by atoms with Crippen LogP contribution in [0.2, 0.25) is 5.02 Å². The largest absolute Gasteiger partial charge is 0.352 e. The Morgan fingerprint density at radius 1 is 1.23 bits per heavy atom. The van der Waals surface area contributed by atoms with Gasteiger partial charge in [-0.2, -0.15) is 5.10 Å². The van der Waals surface area contributed by atoms with Crippen LogP contribution in [0.5, 0.6) is 0 Å². The van der Waals surface area contributed by atoms with Gasteiger partial charge in [0, 0.05) is 24.2 Å². The van der Waals surface area contributed by atoms with Crippen molar-refractivity contribution in [1.82, 2.24) is 25.8 Å². The van der Waals surface area contributed by atoms with Crippen LogP contribution in [0.1, 0.15) is 24.1 Å². The first-order chi connectivity index (χ1) is 12.7. The number of hydrogen-bond donors (Lipinski definition) is 3. The topological polar surface area (TPSA) is 78.0 Å². The number of nitrogens with one attached hydrogen (secondary N) is 3. The molecule has 0 bridgehead atoms. The number of aliphatic imine (C=N–C) groups is 1. The molecule has 26 heavy (non-hydrogen) atoms. The highest BCUT2D eigenvalue weighted by molar-refractivity contribution is 6.31. The molecule has 0 aliphatic heterocycles. The molecule has 3 aromatic rings. The van der Waals surface area contributed by atoms with E-state index < -0.39 is 0 Å². The molecule has 0 radical (unpaired) electrons. The van der Waals surface area contributed by atoms with Crippen molar-refractivity contribution in [2.24, 2.45) is 4.99 Å². The summed E-state index contributed by atoms with van der Waals surface area (Å²) in [5, 5.41) is 14.2. The van der Waals surface area contributed by atoms with Crippen molar-refractivity contribution in [2.75, 3.05) is 7.05 Å². The first-order valence-corrected chi connectivity index (χ1v) is 8.71. The van der Waals surface area contributed by atoms with Crippen molar-refractivity contribution in [3.05, 3.63) is 71.0 Å². The highest BCUT2D eigenvalue weighted by Crippen LogP contribution is 2.22. The van der Waals surface area contributed by atoms with E-state index in [1.807, 2.05) is 36.4 Å². The van der Waals surface area contributed by atoms with E-state index in [1.54, 1.807) is 7.05 Å². The zero-order valence-electron chi connectivity index (χ0n) is 14.7. The summed E-state index contributed by atoms with van der Waals surface area (Å²) < 4.78 is 0. The highest BCUT2D eigenvalue weighted by Gasteiger charge is 2.11. The summed E-state index contributed by atoms with van der Waals surface area (Å²) in [6.07, 6.45) is 1.50. The second kappa shape index (κ2) is 8.49. The predicted octanol–water partition coefficient (Wildman–Crippen LogP) is 3.55. The Kier molecular flexibility index (Phi) is 5.86. The number of H-pyrrole nitrogens is 1. The number of rotatable bonds is 5. The number of guanidine groups is 1. The van der Waals surface area contributed by atoms with E-state index in [2.05, 4.69) is 49.9 Å². The van der Waals surface area contributed by atoms with E-state index in [1.165, 1.54) is 6.33 Å². The fourth-order valence-corrected chi connectivity index (χ4v) is 2.96. The van der Waals surface area contributed by atoms with Crippen LogP contribution in [0.15, 0.2) is 59.9 Å². The molecule has 3 N–H and O–H groups in total. The first-order valence-electron chi connectivity index (χ1n) is 8.33. The number of nitrogens with zero attached hydrogens (tertiary/aromatic N) is 3. The Morgan fingerprint density at radius 2 is 2.08 bits per heavy atom. The molecule has 1 atom stereocenters. The maximum absolute atomic E-state index is 6.27. The normalized spacial score (nSPS) is 12.7. The Balaban J connectivity index is 1.63. The van der Waals surface area contributed by atoms with Crippen LogP contribution < -0.4 is 10.6 Å². The van der Waals surface area contributed by atoms with Gasteiger partial charge in [0.15, 0.2) is 11.8 Å². The lowest BCUT2D eigenvalue weighted by atomic mass is 10.1. The van der Waals surface area contributed by atoms with Crippen molar-refractivity contribution >= 4 is 17.6 Å². The van der Waals surface area contributed by atoms with Crippen molar-refractivity contribution in [2.45, 2.75) is 19.5 Å². The highest BCUT2D eigenvalue weighted by atomic mass is 35.5. The van der Waals surface area contributed by atoms with Crippen LogP contribution in [0.3, 0.4) is 0 Å². The van der Waals surface area contributed by atoms with Gasteiger partial charge in [-0.1, -0.05) is 48.0 Å². The molecule has 7 heteroatoms. The van der Waals surface area contributed by atoms with Gasteiger partial charge in [-0.3, -0.25) is 10.1 Å². The molecule has 0 saturated heterocycles. The van der Waals surface area contributed by atoms with E-state index >= 15 is 0 Å². The summed E-state index contributed by atoms with van der Waals surface area (Å²) in [5.41, 5.74) is 3.14. The van der Waals surface area contributed by atoms with Crippen molar-refractivity contribution < 1.29 is 0 Å². The summed E-state index contributed by atoms with van der Waals surface area (Å²) in [6.45, 7) is 2.69. The van der Waals surface area contributed by atoms with E-state index in [-0.39, 0.29) is 6.04 Å². The molecule has 1 heterocycles. The molecule has 2 aromatic carbocycles. The Morgan fingerprint density at radius 3 is 2.81 bits per heavy atom. The van der Waals surface area contributed by atoms with Crippen LogP contribution in [-0.2, 0) is 6.54 Å². The Bertz CT molecular complexity index is 875. The maximum Gasteiger partial charge on any atom is 0.191 e. The third-order valence-electron chi connectivity index (χ3n) is 4.02. The second-order valence-corrected chi connectivity index (χ2v) is 6.25. The number of aromatic nitrogens is 3. The molecule has 0 aliphatic rings. The number of hydrogen-bond acceptors (Lipinski definition) is 3. The van der Waals surface area contributed by atoms with Crippen LogP contribution >= 0.6 is 11.6 Å². The maximum atomic E-state index is 6.27. The molecule has 1 aromatic heterocycles. The molecule has 0 saturated carbocycles.